The van der Waals surface area contributed by atoms with Crippen molar-refractivity contribution in [1.29, 1.82) is 0 Å². The molecule has 1 fully saturated rings. The van der Waals surface area contributed by atoms with Gasteiger partial charge in [0, 0.05) is 24.8 Å². The van der Waals surface area contributed by atoms with Crippen LogP contribution in [0.25, 0.3) is 0 Å². The molecule has 0 aliphatic heterocycles. The third-order valence-electron chi connectivity index (χ3n) is 4.04. The minimum absolute atomic E-state index is 0.204. The number of hydrogen-bond donors (Lipinski definition) is 2. The molecule has 130 valence electrons. The van der Waals surface area contributed by atoms with E-state index in [0.717, 1.165) is 31.7 Å². The van der Waals surface area contributed by atoms with Crippen LogP contribution in [0, 0.1) is 6.92 Å². The summed E-state index contributed by atoms with van der Waals surface area (Å²) in [6.45, 7) is 2.33. The quantitative estimate of drug-likeness (QED) is 0.813. The molecule has 1 aromatic heterocycles. The van der Waals surface area contributed by atoms with Crippen molar-refractivity contribution in [3.63, 3.8) is 0 Å². The lowest BCUT2D eigenvalue weighted by atomic mass is 9.96. The van der Waals surface area contributed by atoms with E-state index in [1.807, 2.05) is 0 Å². The third-order valence-corrected chi connectivity index (χ3v) is 4.04. The molecule has 0 radical (unpaired) electrons. The van der Waals surface area contributed by atoms with Gasteiger partial charge in [0.05, 0.1) is 0 Å². The Morgan fingerprint density at radius 2 is 2.04 bits per heavy atom. The fraction of sp³-hybridized carbons (Fsp3) is 0.733. The van der Waals surface area contributed by atoms with Crippen molar-refractivity contribution in [2.45, 2.75) is 64.2 Å². The van der Waals surface area contributed by atoms with Gasteiger partial charge < -0.3 is 10.6 Å². The van der Waals surface area contributed by atoms with Crippen LogP contribution < -0.4 is 10.6 Å². The first kappa shape index (κ1) is 17.6. The van der Waals surface area contributed by atoms with E-state index in [0.29, 0.717) is 25.2 Å². The molecule has 0 unspecified atom stereocenters. The predicted octanol–water partition coefficient (Wildman–Crippen LogP) is 3.23. The van der Waals surface area contributed by atoms with Crippen LogP contribution in [0.5, 0.6) is 0 Å². The number of nitrogens with one attached hydrogen (secondary N) is 2. The summed E-state index contributed by atoms with van der Waals surface area (Å²) in [6.07, 6.45) is 1.64. The molecule has 2 amide bonds. The summed E-state index contributed by atoms with van der Waals surface area (Å²) in [5, 5.41) is 9.23. The minimum atomic E-state index is -4.42. The maximum Gasteiger partial charge on any atom is 0.435 e. The average molecular weight is 332 g/mol. The fourth-order valence-corrected chi connectivity index (χ4v) is 2.79. The lowest BCUT2D eigenvalue weighted by Gasteiger charge is -2.22. The normalized spacial score (nSPS) is 16.3. The van der Waals surface area contributed by atoms with Gasteiger partial charge in [0.15, 0.2) is 5.69 Å². The Hall–Kier alpha value is -1.73. The fourth-order valence-electron chi connectivity index (χ4n) is 2.79. The van der Waals surface area contributed by atoms with E-state index in [4.69, 9.17) is 0 Å². The highest BCUT2D eigenvalue weighted by atomic mass is 19.4. The Kier molecular flexibility index (Phi) is 5.90. The summed E-state index contributed by atoms with van der Waals surface area (Å²) >= 11 is 0. The Balaban J connectivity index is 1.69. The van der Waals surface area contributed by atoms with Crippen LogP contribution in [0.4, 0.5) is 18.0 Å². The number of rotatable bonds is 5. The van der Waals surface area contributed by atoms with Crippen molar-refractivity contribution < 1.29 is 18.0 Å². The molecule has 1 heterocycles. The summed E-state index contributed by atoms with van der Waals surface area (Å²) < 4.78 is 39.0. The van der Waals surface area contributed by atoms with Crippen molar-refractivity contribution in [2.75, 3.05) is 6.54 Å². The van der Waals surface area contributed by atoms with Crippen LogP contribution in [0.2, 0.25) is 0 Å². The maximum atomic E-state index is 12.6. The summed E-state index contributed by atoms with van der Waals surface area (Å²) in [7, 11) is 0. The Bertz CT molecular complexity index is 521. The summed E-state index contributed by atoms with van der Waals surface area (Å²) in [6, 6.07) is 1.07. The van der Waals surface area contributed by atoms with E-state index in [1.165, 1.54) is 11.1 Å². The highest BCUT2D eigenvalue weighted by Gasteiger charge is 2.34. The molecule has 0 bridgehead atoms. The number of urea groups is 1. The van der Waals surface area contributed by atoms with Crippen molar-refractivity contribution in [2.24, 2.45) is 0 Å². The molecular formula is C15H23F3N4O. The lowest BCUT2D eigenvalue weighted by molar-refractivity contribution is -0.141. The first-order valence-electron chi connectivity index (χ1n) is 8.02. The zero-order valence-electron chi connectivity index (χ0n) is 13.2. The Morgan fingerprint density at radius 3 is 2.65 bits per heavy atom. The average Bonchev–Trinajstić information content (AvgIpc) is 2.86. The molecule has 1 aliphatic rings. The van der Waals surface area contributed by atoms with Gasteiger partial charge in [-0.25, -0.2) is 4.79 Å². The molecule has 5 nitrogen and oxygen atoms in total. The van der Waals surface area contributed by atoms with Gasteiger partial charge in [-0.3, -0.25) is 4.68 Å². The van der Waals surface area contributed by atoms with Crippen molar-refractivity contribution in [1.82, 2.24) is 20.4 Å². The molecule has 0 aromatic carbocycles. The number of carbonyl (C=O) groups excluding carboxylic acids is 1. The number of hydrogen-bond acceptors (Lipinski definition) is 2. The van der Waals surface area contributed by atoms with Crippen LogP contribution in [-0.2, 0) is 12.7 Å². The van der Waals surface area contributed by atoms with Gasteiger partial charge in [0.1, 0.15) is 0 Å². The van der Waals surface area contributed by atoms with Crippen LogP contribution in [0.1, 0.15) is 49.9 Å². The highest BCUT2D eigenvalue weighted by Crippen LogP contribution is 2.28. The monoisotopic (exact) mass is 332 g/mol. The number of halogens is 3. The molecular weight excluding hydrogens is 309 g/mol. The zero-order valence-corrected chi connectivity index (χ0v) is 13.2. The number of amides is 2. The number of carbonyl (C=O) groups is 1. The summed E-state index contributed by atoms with van der Waals surface area (Å²) in [4.78, 5) is 11.7. The molecule has 0 spiro atoms. The van der Waals surface area contributed by atoms with Crippen molar-refractivity contribution in [3.8, 4) is 0 Å². The van der Waals surface area contributed by atoms with Gasteiger partial charge in [0.25, 0.3) is 0 Å². The van der Waals surface area contributed by atoms with Crippen LogP contribution in [-0.4, -0.2) is 28.4 Å². The summed E-state index contributed by atoms with van der Waals surface area (Å²) in [5.41, 5.74) is -0.415. The van der Waals surface area contributed by atoms with E-state index in [2.05, 4.69) is 15.7 Å². The van der Waals surface area contributed by atoms with E-state index in [1.54, 1.807) is 6.92 Å². The van der Waals surface area contributed by atoms with Gasteiger partial charge in [-0.15, -0.1) is 0 Å². The Morgan fingerprint density at radius 1 is 1.35 bits per heavy atom. The van der Waals surface area contributed by atoms with Gasteiger partial charge >= 0.3 is 12.2 Å². The van der Waals surface area contributed by atoms with Gasteiger partial charge in [0.2, 0.25) is 0 Å². The number of alkyl halides is 3. The standard InChI is InChI=1S/C15H23F3N4O/c1-11-10-13(15(16,17)18)21-22(11)9-5-8-19-14(23)20-12-6-3-2-4-7-12/h10,12H,2-9H2,1H3,(H2,19,20,23). The largest absolute Gasteiger partial charge is 0.435 e. The maximum absolute atomic E-state index is 12.6. The second-order valence-electron chi connectivity index (χ2n) is 5.98. The molecule has 1 aliphatic carbocycles. The second kappa shape index (κ2) is 7.70. The third kappa shape index (κ3) is 5.44. The van der Waals surface area contributed by atoms with Gasteiger partial charge in [-0.2, -0.15) is 18.3 Å². The summed E-state index contributed by atoms with van der Waals surface area (Å²) in [5.74, 6) is 0. The molecule has 1 aromatic rings. The highest BCUT2D eigenvalue weighted by molar-refractivity contribution is 5.74. The van der Waals surface area contributed by atoms with Crippen LogP contribution >= 0.6 is 0 Å². The molecule has 2 rings (SSSR count). The predicted molar refractivity (Wildman–Crippen MR) is 80.0 cm³/mol. The molecule has 1 saturated carbocycles. The number of aromatic nitrogens is 2. The molecule has 23 heavy (non-hydrogen) atoms. The van der Waals surface area contributed by atoms with E-state index in [-0.39, 0.29) is 12.1 Å². The van der Waals surface area contributed by atoms with Gasteiger partial charge in [-0.05, 0) is 32.3 Å². The van der Waals surface area contributed by atoms with E-state index in [9.17, 15) is 18.0 Å². The SMILES string of the molecule is Cc1cc(C(F)(F)F)nn1CCCNC(=O)NC1CCCCC1. The Labute approximate surface area is 133 Å². The smallest absolute Gasteiger partial charge is 0.338 e. The number of nitrogens with zero attached hydrogens (tertiary/aromatic N) is 2. The zero-order chi connectivity index (χ0) is 16.9. The lowest BCUT2D eigenvalue weighted by Crippen LogP contribution is -2.43. The van der Waals surface area contributed by atoms with Gasteiger partial charge in [-0.1, -0.05) is 19.3 Å². The number of aryl methyl sites for hydroxylation is 2. The topological polar surface area (TPSA) is 59.0 Å². The first-order chi connectivity index (χ1) is 10.9. The second-order valence-corrected chi connectivity index (χ2v) is 5.98. The van der Waals surface area contributed by atoms with Crippen molar-refractivity contribution >= 4 is 6.03 Å². The first-order valence-corrected chi connectivity index (χ1v) is 8.02. The molecule has 2 N–H and O–H groups in total. The van der Waals surface area contributed by atoms with Crippen LogP contribution in [0.15, 0.2) is 6.07 Å². The minimum Gasteiger partial charge on any atom is -0.338 e. The molecule has 0 saturated heterocycles. The molecule has 8 heteroatoms. The van der Waals surface area contributed by atoms with E-state index < -0.39 is 11.9 Å². The van der Waals surface area contributed by atoms with Crippen LogP contribution in [0.3, 0.4) is 0 Å². The molecule has 0 atom stereocenters. The van der Waals surface area contributed by atoms with E-state index >= 15 is 0 Å². The van der Waals surface area contributed by atoms with Crippen molar-refractivity contribution in [3.05, 3.63) is 17.5 Å².